The van der Waals surface area contributed by atoms with Gasteiger partial charge in [-0.1, -0.05) is 18.2 Å². The fraction of sp³-hybridized carbons (Fsp3) is 0.360. The molecule has 0 radical (unpaired) electrons. The number of benzene rings is 1. The number of aromatic nitrogens is 1. The summed E-state index contributed by atoms with van der Waals surface area (Å²) >= 11 is 0. The first-order chi connectivity index (χ1) is 15.7. The lowest BCUT2D eigenvalue weighted by molar-refractivity contribution is -0.117. The molecule has 32 heavy (non-hydrogen) atoms. The quantitative estimate of drug-likeness (QED) is 0.318. The van der Waals surface area contributed by atoms with Gasteiger partial charge in [-0.3, -0.25) is 14.5 Å². The number of amides is 1. The van der Waals surface area contributed by atoms with Crippen molar-refractivity contribution in [1.29, 1.82) is 0 Å². The number of morpholine rings is 1. The molecule has 0 atom stereocenters. The second-order valence-electron chi connectivity index (χ2n) is 7.75. The van der Waals surface area contributed by atoms with Crippen LogP contribution in [-0.4, -0.2) is 67.0 Å². The number of hydrogen-bond donors (Lipinski definition) is 1. The van der Waals surface area contributed by atoms with E-state index in [1.807, 2.05) is 61.7 Å². The molecule has 1 saturated heterocycles. The van der Waals surface area contributed by atoms with Crippen LogP contribution in [0.1, 0.15) is 23.8 Å². The van der Waals surface area contributed by atoms with Crippen molar-refractivity contribution < 1.29 is 19.1 Å². The maximum Gasteiger partial charge on any atom is 0.294 e. The van der Waals surface area contributed by atoms with Gasteiger partial charge in [-0.25, -0.2) is 0 Å². The average Bonchev–Trinajstić information content (AvgIpc) is 3.22. The highest BCUT2D eigenvalue weighted by atomic mass is 16.5. The first kappa shape index (κ1) is 22.0. The molecule has 0 aliphatic carbocycles. The molecular formula is C25H29N3O4. The zero-order chi connectivity index (χ0) is 22.3. The Bertz CT molecular complexity index is 1070. The lowest BCUT2D eigenvalue weighted by Gasteiger charge is -2.26. The maximum atomic E-state index is 13.2. The number of fused-ring (bicyclic) bond motifs is 1. The first-order valence-corrected chi connectivity index (χ1v) is 11.1. The monoisotopic (exact) mass is 435 g/mol. The number of nitrogens with zero attached hydrogens (tertiary/aromatic N) is 2. The molecule has 1 amide bonds. The van der Waals surface area contributed by atoms with Gasteiger partial charge in [0.05, 0.1) is 19.8 Å². The summed E-state index contributed by atoms with van der Waals surface area (Å²) in [4.78, 5) is 28.2. The summed E-state index contributed by atoms with van der Waals surface area (Å²) in [5.74, 6) is -0.347. The van der Waals surface area contributed by atoms with Crippen LogP contribution in [0.4, 0.5) is 0 Å². The van der Waals surface area contributed by atoms with Crippen LogP contribution in [-0.2, 0) is 9.53 Å². The highest BCUT2D eigenvalue weighted by Crippen LogP contribution is 2.29. The smallest absolute Gasteiger partial charge is 0.294 e. The number of carbonyl (C=O) groups excluding carboxylic acids is 2. The molecule has 0 unspecified atom stereocenters. The number of pyridine rings is 1. The van der Waals surface area contributed by atoms with Gasteiger partial charge >= 0.3 is 0 Å². The van der Waals surface area contributed by atoms with Crippen molar-refractivity contribution in [2.75, 3.05) is 46.0 Å². The Morgan fingerprint density at radius 3 is 2.62 bits per heavy atom. The van der Waals surface area contributed by atoms with E-state index in [-0.39, 0.29) is 0 Å². The predicted octanol–water partition coefficient (Wildman–Crippen LogP) is 3.03. The number of ketones is 1. The van der Waals surface area contributed by atoms with Gasteiger partial charge < -0.3 is 19.2 Å². The van der Waals surface area contributed by atoms with Crippen molar-refractivity contribution in [3.63, 3.8) is 0 Å². The lowest BCUT2D eigenvalue weighted by atomic mass is 10.0. The van der Waals surface area contributed by atoms with Crippen LogP contribution in [0.5, 0.6) is 5.75 Å². The van der Waals surface area contributed by atoms with Gasteiger partial charge in [0.1, 0.15) is 11.4 Å². The summed E-state index contributed by atoms with van der Waals surface area (Å²) in [5.41, 5.74) is 2.82. The van der Waals surface area contributed by atoms with Gasteiger partial charge in [0.2, 0.25) is 0 Å². The molecule has 0 spiro atoms. The Morgan fingerprint density at radius 1 is 1.09 bits per heavy atom. The number of nitrogens with one attached hydrogen (secondary N) is 1. The van der Waals surface area contributed by atoms with Crippen LogP contribution in [0.3, 0.4) is 0 Å². The second-order valence-corrected chi connectivity index (χ2v) is 7.75. The summed E-state index contributed by atoms with van der Waals surface area (Å²) in [6.45, 7) is 7.19. The van der Waals surface area contributed by atoms with E-state index in [0.717, 1.165) is 61.7 Å². The van der Waals surface area contributed by atoms with Crippen molar-refractivity contribution in [2.45, 2.75) is 13.3 Å². The van der Waals surface area contributed by atoms with Gasteiger partial charge in [-0.05, 0) is 55.8 Å². The van der Waals surface area contributed by atoms with E-state index in [1.165, 1.54) is 0 Å². The molecule has 3 aromatic rings. The zero-order valence-electron chi connectivity index (χ0n) is 18.4. The zero-order valence-corrected chi connectivity index (χ0v) is 18.4. The normalized spacial score (nSPS) is 14.4. The molecular weight excluding hydrogens is 406 g/mol. The minimum atomic E-state index is -0.581. The number of Topliss-reactive ketones (excluding diaryl/α,β-unsaturated/α-hetero) is 1. The third kappa shape index (κ3) is 5.00. The van der Waals surface area contributed by atoms with Gasteiger partial charge in [-0.2, -0.15) is 0 Å². The van der Waals surface area contributed by atoms with Crippen molar-refractivity contribution in [2.24, 2.45) is 0 Å². The largest absolute Gasteiger partial charge is 0.494 e. The van der Waals surface area contributed by atoms with Gasteiger partial charge in [0.25, 0.3) is 11.7 Å². The van der Waals surface area contributed by atoms with Crippen LogP contribution in [0, 0.1) is 0 Å². The van der Waals surface area contributed by atoms with Crippen LogP contribution in [0.15, 0.2) is 54.7 Å². The summed E-state index contributed by atoms with van der Waals surface area (Å²) in [6.07, 6.45) is 2.60. The van der Waals surface area contributed by atoms with Crippen molar-refractivity contribution in [3.8, 4) is 16.9 Å². The van der Waals surface area contributed by atoms with E-state index in [1.54, 1.807) is 4.40 Å². The van der Waals surface area contributed by atoms with Crippen LogP contribution in [0.25, 0.3) is 16.6 Å². The van der Waals surface area contributed by atoms with E-state index in [9.17, 15) is 9.59 Å². The molecule has 4 rings (SSSR count). The second kappa shape index (κ2) is 10.4. The van der Waals surface area contributed by atoms with Crippen LogP contribution >= 0.6 is 0 Å². The fourth-order valence-corrected chi connectivity index (χ4v) is 3.99. The van der Waals surface area contributed by atoms with E-state index >= 15 is 0 Å². The number of ether oxygens (including phenoxy) is 2. The highest BCUT2D eigenvalue weighted by Gasteiger charge is 2.24. The minimum absolute atomic E-state index is 0.371. The molecule has 7 nitrogen and oxygen atoms in total. The molecule has 1 aliphatic rings. The van der Waals surface area contributed by atoms with E-state index in [4.69, 9.17) is 9.47 Å². The number of hydrogen-bond acceptors (Lipinski definition) is 5. The van der Waals surface area contributed by atoms with Crippen LogP contribution in [0.2, 0.25) is 0 Å². The Kier molecular flexibility index (Phi) is 7.19. The summed E-state index contributed by atoms with van der Waals surface area (Å²) in [6, 6.07) is 15.2. The van der Waals surface area contributed by atoms with Crippen LogP contribution < -0.4 is 10.1 Å². The van der Waals surface area contributed by atoms with E-state index < -0.39 is 11.7 Å². The molecule has 1 aliphatic heterocycles. The standard InChI is InChI=1S/C25H29N3O4/c1-2-32-21-9-7-19(8-10-21)22-18-20-6-3-4-13-28(20)23(22)24(29)25(30)26-11-5-12-27-14-16-31-17-15-27/h3-4,6-10,13,18H,2,5,11-12,14-17H2,1H3,(H,26,30). The molecule has 1 fully saturated rings. The molecule has 1 aromatic carbocycles. The molecule has 3 heterocycles. The Labute approximate surface area is 187 Å². The minimum Gasteiger partial charge on any atom is -0.494 e. The highest BCUT2D eigenvalue weighted by molar-refractivity contribution is 6.43. The topological polar surface area (TPSA) is 72.3 Å². The molecule has 1 N–H and O–H groups in total. The number of carbonyl (C=O) groups is 2. The Hall–Kier alpha value is -3.16. The molecule has 2 aromatic heterocycles. The summed E-state index contributed by atoms with van der Waals surface area (Å²) in [7, 11) is 0. The van der Waals surface area contributed by atoms with Gasteiger partial charge in [0, 0.05) is 36.9 Å². The summed E-state index contributed by atoms with van der Waals surface area (Å²) in [5, 5.41) is 2.80. The third-order valence-electron chi connectivity index (χ3n) is 5.62. The average molecular weight is 436 g/mol. The van der Waals surface area contributed by atoms with Gasteiger partial charge in [-0.15, -0.1) is 0 Å². The van der Waals surface area contributed by atoms with E-state index in [0.29, 0.717) is 18.8 Å². The summed E-state index contributed by atoms with van der Waals surface area (Å²) < 4.78 is 12.7. The van der Waals surface area contributed by atoms with E-state index in [2.05, 4.69) is 10.2 Å². The van der Waals surface area contributed by atoms with Crippen molar-refractivity contribution >= 4 is 17.2 Å². The molecule has 168 valence electrons. The predicted molar refractivity (Wildman–Crippen MR) is 123 cm³/mol. The van der Waals surface area contributed by atoms with Crippen molar-refractivity contribution in [3.05, 3.63) is 60.4 Å². The Morgan fingerprint density at radius 2 is 1.88 bits per heavy atom. The fourth-order valence-electron chi connectivity index (χ4n) is 3.99. The SMILES string of the molecule is CCOc1ccc(-c2cc3ccccn3c2C(=O)C(=O)NCCCN2CCOCC2)cc1. The maximum absolute atomic E-state index is 13.2. The van der Waals surface area contributed by atoms with Crippen molar-refractivity contribution in [1.82, 2.24) is 14.6 Å². The number of rotatable bonds is 9. The molecule has 0 bridgehead atoms. The first-order valence-electron chi connectivity index (χ1n) is 11.1. The third-order valence-corrected chi connectivity index (χ3v) is 5.62. The molecule has 7 heteroatoms. The van der Waals surface area contributed by atoms with Gasteiger partial charge in [0.15, 0.2) is 0 Å². The lowest BCUT2D eigenvalue weighted by Crippen LogP contribution is -2.39. The molecule has 0 saturated carbocycles. The Balaban J connectivity index is 1.49.